The van der Waals surface area contributed by atoms with E-state index in [0.29, 0.717) is 19.4 Å². The zero-order valence-corrected chi connectivity index (χ0v) is 12.9. The van der Waals surface area contributed by atoms with E-state index >= 15 is 0 Å². The van der Waals surface area contributed by atoms with Gasteiger partial charge in [-0.2, -0.15) is 0 Å². The minimum absolute atomic E-state index is 0.0997. The van der Waals surface area contributed by atoms with Crippen LogP contribution < -0.4 is 4.90 Å². The van der Waals surface area contributed by atoms with Gasteiger partial charge in [0.1, 0.15) is 5.82 Å². The first kappa shape index (κ1) is 13.5. The molecule has 0 N–H and O–H groups in total. The van der Waals surface area contributed by atoms with E-state index in [1.165, 1.54) is 15.7 Å². The standard InChI is InChI=1S/C16H13FINO/c17-13-4-7-15-12(9-13)3-8-16(20)19(15)10-11-1-5-14(18)6-2-11/h1-2,4-7,9H,3,8,10H2. The van der Waals surface area contributed by atoms with Crippen molar-refractivity contribution in [3.63, 3.8) is 0 Å². The summed E-state index contributed by atoms with van der Waals surface area (Å²) in [6, 6.07) is 12.7. The Morgan fingerprint density at radius 2 is 1.85 bits per heavy atom. The van der Waals surface area contributed by atoms with Crippen molar-refractivity contribution in [3.8, 4) is 0 Å². The van der Waals surface area contributed by atoms with E-state index < -0.39 is 0 Å². The number of fused-ring (bicyclic) bond motifs is 1. The average molecular weight is 381 g/mol. The molecule has 20 heavy (non-hydrogen) atoms. The first-order valence-electron chi connectivity index (χ1n) is 6.47. The summed E-state index contributed by atoms with van der Waals surface area (Å²) in [7, 11) is 0. The maximum atomic E-state index is 13.3. The normalized spacial score (nSPS) is 14.3. The molecule has 2 aromatic carbocycles. The van der Waals surface area contributed by atoms with E-state index in [1.54, 1.807) is 11.0 Å². The van der Waals surface area contributed by atoms with Crippen LogP contribution in [0.5, 0.6) is 0 Å². The third-order valence-electron chi connectivity index (χ3n) is 3.50. The molecule has 0 saturated heterocycles. The van der Waals surface area contributed by atoms with E-state index in [-0.39, 0.29) is 11.7 Å². The van der Waals surface area contributed by atoms with Crippen LogP contribution >= 0.6 is 22.6 Å². The summed E-state index contributed by atoms with van der Waals surface area (Å²) in [5.74, 6) is -0.144. The highest BCUT2D eigenvalue weighted by molar-refractivity contribution is 14.1. The number of anilines is 1. The second-order valence-corrected chi connectivity index (χ2v) is 6.13. The number of carbonyl (C=O) groups is 1. The van der Waals surface area contributed by atoms with Gasteiger partial charge >= 0.3 is 0 Å². The third-order valence-corrected chi connectivity index (χ3v) is 4.21. The molecule has 0 radical (unpaired) electrons. The molecule has 3 rings (SSSR count). The number of benzene rings is 2. The zero-order valence-electron chi connectivity index (χ0n) is 10.8. The number of hydrogen-bond acceptors (Lipinski definition) is 1. The average Bonchev–Trinajstić information content (AvgIpc) is 2.44. The lowest BCUT2D eigenvalue weighted by Crippen LogP contribution is -2.34. The Morgan fingerprint density at radius 1 is 1.10 bits per heavy atom. The number of amides is 1. The van der Waals surface area contributed by atoms with Crippen molar-refractivity contribution in [1.29, 1.82) is 0 Å². The van der Waals surface area contributed by atoms with Crippen LogP contribution in [0, 0.1) is 9.39 Å². The van der Waals surface area contributed by atoms with Gasteiger partial charge in [0, 0.05) is 15.7 Å². The Balaban J connectivity index is 1.93. The number of halogens is 2. The second-order valence-electron chi connectivity index (χ2n) is 4.88. The lowest BCUT2D eigenvalue weighted by Gasteiger charge is -2.29. The van der Waals surface area contributed by atoms with Crippen molar-refractivity contribution < 1.29 is 9.18 Å². The molecule has 2 aromatic rings. The number of hydrogen-bond donors (Lipinski definition) is 0. The summed E-state index contributed by atoms with van der Waals surface area (Å²) in [5.41, 5.74) is 2.83. The maximum Gasteiger partial charge on any atom is 0.227 e. The summed E-state index contributed by atoms with van der Waals surface area (Å²) in [6.45, 7) is 0.536. The summed E-state index contributed by atoms with van der Waals surface area (Å²) in [4.78, 5) is 13.9. The third kappa shape index (κ3) is 2.70. The minimum Gasteiger partial charge on any atom is -0.308 e. The van der Waals surface area contributed by atoms with Crippen molar-refractivity contribution >= 4 is 34.2 Å². The van der Waals surface area contributed by atoms with Crippen LogP contribution in [0.1, 0.15) is 17.5 Å². The van der Waals surface area contributed by atoms with Crippen molar-refractivity contribution in [1.82, 2.24) is 0 Å². The summed E-state index contributed by atoms with van der Waals surface area (Å²) >= 11 is 2.25. The summed E-state index contributed by atoms with van der Waals surface area (Å²) in [5, 5.41) is 0. The van der Waals surface area contributed by atoms with E-state index in [9.17, 15) is 9.18 Å². The molecule has 102 valence electrons. The molecule has 1 heterocycles. The smallest absolute Gasteiger partial charge is 0.227 e. The molecule has 2 nitrogen and oxygen atoms in total. The van der Waals surface area contributed by atoms with Crippen LogP contribution in [0.2, 0.25) is 0 Å². The van der Waals surface area contributed by atoms with Crippen LogP contribution in [-0.2, 0) is 17.8 Å². The fourth-order valence-corrected chi connectivity index (χ4v) is 2.83. The molecule has 1 aliphatic rings. The lowest BCUT2D eigenvalue weighted by molar-refractivity contribution is -0.119. The van der Waals surface area contributed by atoms with Crippen molar-refractivity contribution in [3.05, 3.63) is 63.0 Å². The minimum atomic E-state index is -0.243. The zero-order chi connectivity index (χ0) is 14.1. The summed E-state index contributed by atoms with van der Waals surface area (Å²) < 4.78 is 14.5. The molecule has 0 saturated carbocycles. The Labute approximate surface area is 130 Å². The first-order valence-corrected chi connectivity index (χ1v) is 7.54. The fourth-order valence-electron chi connectivity index (χ4n) is 2.47. The van der Waals surface area contributed by atoms with Gasteiger partial charge in [-0.3, -0.25) is 4.79 Å². The van der Waals surface area contributed by atoms with Crippen LogP contribution in [0.4, 0.5) is 10.1 Å². The van der Waals surface area contributed by atoms with Gasteiger partial charge in [-0.1, -0.05) is 12.1 Å². The van der Waals surface area contributed by atoms with Gasteiger partial charge < -0.3 is 4.90 Å². The molecule has 0 unspecified atom stereocenters. The molecule has 1 aliphatic heterocycles. The molecular formula is C16H13FINO. The van der Waals surface area contributed by atoms with Gasteiger partial charge in [-0.25, -0.2) is 4.39 Å². The van der Waals surface area contributed by atoms with Gasteiger partial charge in [-0.05, 0) is 70.5 Å². The number of aryl methyl sites for hydroxylation is 1. The molecular weight excluding hydrogens is 368 g/mol. The van der Waals surface area contributed by atoms with E-state index in [2.05, 4.69) is 22.6 Å². The fraction of sp³-hybridized carbons (Fsp3) is 0.188. The molecule has 4 heteroatoms. The van der Waals surface area contributed by atoms with Crippen molar-refractivity contribution in [2.45, 2.75) is 19.4 Å². The lowest BCUT2D eigenvalue weighted by atomic mass is 10.0. The van der Waals surface area contributed by atoms with Gasteiger partial charge in [-0.15, -0.1) is 0 Å². The van der Waals surface area contributed by atoms with Gasteiger partial charge in [0.2, 0.25) is 5.91 Å². The van der Waals surface area contributed by atoms with Crippen molar-refractivity contribution in [2.75, 3.05) is 4.90 Å². The molecule has 0 bridgehead atoms. The molecule has 0 spiro atoms. The number of nitrogens with zero attached hydrogens (tertiary/aromatic N) is 1. The number of rotatable bonds is 2. The predicted molar refractivity (Wildman–Crippen MR) is 85.1 cm³/mol. The highest BCUT2D eigenvalue weighted by atomic mass is 127. The van der Waals surface area contributed by atoms with E-state index in [4.69, 9.17) is 0 Å². The Hall–Kier alpha value is -1.43. The Kier molecular flexibility index (Phi) is 3.74. The van der Waals surface area contributed by atoms with Crippen LogP contribution in [0.25, 0.3) is 0 Å². The molecule has 0 atom stereocenters. The first-order chi connectivity index (χ1) is 9.63. The molecule has 0 aliphatic carbocycles. The highest BCUT2D eigenvalue weighted by Crippen LogP contribution is 2.29. The van der Waals surface area contributed by atoms with Gasteiger partial charge in [0.25, 0.3) is 0 Å². The topological polar surface area (TPSA) is 20.3 Å². The van der Waals surface area contributed by atoms with E-state index in [0.717, 1.165) is 16.8 Å². The Morgan fingerprint density at radius 3 is 2.60 bits per heavy atom. The Bertz CT molecular complexity index is 654. The van der Waals surface area contributed by atoms with Crippen molar-refractivity contribution in [2.24, 2.45) is 0 Å². The van der Waals surface area contributed by atoms with Crippen LogP contribution in [-0.4, -0.2) is 5.91 Å². The SMILES string of the molecule is O=C1CCc2cc(F)ccc2N1Cc1ccc(I)cc1. The monoisotopic (exact) mass is 381 g/mol. The van der Waals surface area contributed by atoms with Gasteiger partial charge in [0.15, 0.2) is 0 Å². The summed E-state index contributed by atoms with van der Waals surface area (Å²) in [6.07, 6.45) is 1.07. The molecule has 0 aromatic heterocycles. The van der Waals surface area contributed by atoms with Crippen LogP contribution in [0.15, 0.2) is 42.5 Å². The highest BCUT2D eigenvalue weighted by Gasteiger charge is 2.24. The quantitative estimate of drug-likeness (QED) is 0.723. The second kappa shape index (κ2) is 5.52. The van der Waals surface area contributed by atoms with Gasteiger partial charge in [0.05, 0.1) is 6.54 Å². The largest absolute Gasteiger partial charge is 0.308 e. The van der Waals surface area contributed by atoms with E-state index in [1.807, 2.05) is 24.3 Å². The number of carbonyl (C=O) groups excluding carboxylic acids is 1. The predicted octanol–water partition coefficient (Wildman–Crippen LogP) is 3.91. The van der Waals surface area contributed by atoms with Crippen LogP contribution in [0.3, 0.4) is 0 Å². The molecule has 0 fully saturated rings. The molecule has 1 amide bonds. The maximum absolute atomic E-state index is 13.3.